The molecule has 1 saturated heterocycles. The molecule has 0 unspecified atom stereocenters. The molecule has 0 amide bonds. The highest BCUT2D eigenvalue weighted by Gasteiger charge is 2.34. The SMILES string of the molecule is Nc1cnc(C(F)(F)F)cc1N1CCS(=O)(=O)CC1. The van der Waals surface area contributed by atoms with Gasteiger partial charge >= 0.3 is 6.18 Å². The smallest absolute Gasteiger partial charge is 0.396 e. The summed E-state index contributed by atoms with van der Waals surface area (Å²) < 4.78 is 60.3. The summed E-state index contributed by atoms with van der Waals surface area (Å²) in [6, 6.07) is 0.854. The van der Waals surface area contributed by atoms with Gasteiger partial charge in [-0.2, -0.15) is 13.2 Å². The molecule has 1 aromatic rings. The number of nitrogens with two attached hydrogens (primary N) is 1. The highest BCUT2D eigenvalue weighted by Crippen LogP contribution is 2.33. The van der Waals surface area contributed by atoms with E-state index >= 15 is 0 Å². The Kier molecular flexibility index (Phi) is 3.33. The van der Waals surface area contributed by atoms with E-state index in [0.29, 0.717) is 0 Å². The van der Waals surface area contributed by atoms with E-state index in [0.717, 1.165) is 12.3 Å². The largest absolute Gasteiger partial charge is 0.433 e. The van der Waals surface area contributed by atoms with Crippen molar-refractivity contribution in [2.45, 2.75) is 6.18 Å². The summed E-state index contributed by atoms with van der Waals surface area (Å²) >= 11 is 0. The highest BCUT2D eigenvalue weighted by molar-refractivity contribution is 7.91. The minimum atomic E-state index is -4.55. The van der Waals surface area contributed by atoms with Crippen molar-refractivity contribution < 1.29 is 21.6 Å². The van der Waals surface area contributed by atoms with E-state index < -0.39 is 21.7 Å². The molecular weight excluding hydrogens is 283 g/mol. The quantitative estimate of drug-likeness (QED) is 0.833. The summed E-state index contributed by atoms with van der Waals surface area (Å²) in [5.74, 6) is -0.174. The van der Waals surface area contributed by atoms with Gasteiger partial charge < -0.3 is 10.6 Å². The van der Waals surface area contributed by atoms with Crippen LogP contribution in [0.5, 0.6) is 0 Å². The summed E-state index contributed by atoms with van der Waals surface area (Å²) in [5.41, 5.74) is 4.86. The Morgan fingerprint density at radius 2 is 1.84 bits per heavy atom. The molecule has 1 aliphatic heterocycles. The van der Waals surface area contributed by atoms with Gasteiger partial charge in [0.05, 0.1) is 29.1 Å². The third-order valence-electron chi connectivity index (χ3n) is 2.89. The van der Waals surface area contributed by atoms with E-state index in [1.54, 1.807) is 0 Å². The van der Waals surface area contributed by atoms with Gasteiger partial charge in [0, 0.05) is 13.1 Å². The van der Waals surface area contributed by atoms with Gasteiger partial charge in [-0.1, -0.05) is 0 Å². The van der Waals surface area contributed by atoms with E-state index in [1.807, 2.05) is 0 Å². The third-order valence-corrected chi connectivity index (χ3v) is 4.50. The number of rotatable bonds is 1. The molecule has 9 heteroatoms. The number of hydrogen-bond donors (Lipinski definition) is 1. The Labute approximate surface area is 108 Å². The van der Waals surface area contributed by atoms with Crippen LogP contribution in [0.25, 0.3) is 0 Å². The molecule has 0 atom stereocenters. The molecule has 1 fully saturated rings. The van der Waals surface area contributed by atoms with Crippen LogP contribution in [0.4, 0.5) is 24.5 Å². The zero-order valence-electron chi connectivity index (χ0n) is 9.81. The molecule has 19 heavy (non-hydrogen) atoms. The first-order valence-electron chi connectivity index (χ1n) is 5.47. The molecule has 0 saturated carbocycles. The van der Waals surface area contributed by atoms with Crippen molar-refractivity contribution in [1.82, 2.24) is 4.98 Å². The lowest BCUT2D eigenvalue weighted by molar-refractivity contribution is -0.141. The highest BCUT2D eigenvalue weighted by atomic mass is 32.2. The number of halogens is 3. The van der Waals surface area contributed by atoms with Gasteiger partial charge in [-0.25, -0.2) is 13.4 Å². The van der Waals surface area contributed by atoms with Gasteiger partial charge in [-0.05, 0) is 6.07 Å². The van der Waals surface area contributed by atoms with Crippen LogP contribution in [-0.2, 0) is 16.0 Å². The van der Waals surface area contributed by atoms with Gasteiger partial charge in [0.15, 0.2) is 9.84 Å². The Bertz CT molecular complexity index is 572. The summed E-state index contributed by atoms with van der Waals surface area (Å²) in [6.07, 6.45) is -3.61. The first kappa shape index (κ1) is 13.9. The average Bonchev–Trinajstić information content (AvgIpc) is 2.29. The maximum Gasteiger partial charge on any atom is 0.433 e. The number of sulfone groups is 1. The number of nitrogens with zero attached hydrogens (tertiary/aromatic N) is 2. The Morgan fingerprint density at radius 3 is 2.37 bits per heavy atom. The summed E-state index contributed by atoms with van der Waals surface area (Å²) in [6.45, 7) is 0.266. The molecule has 0 aromatic carbocycles. The normalized spacial score (nSPS) is 19.4. The Morgan fingerprint density at radius 1 is 1.26 bits per heavy atom. The number of pyridine rings is 1. The fourth-order valence-corrected chi connectivity index (χ4v) is 3.04. The van der Waals surface area contributed by atoms with Crippen LogP contribution < -0.4 is 10.6 Å². The lowest BCUT2D eigenvalue weighted by Crippen LogP contribution is -2.40. The summed E-state index contributed by atoms with van der Waals surface area (Å²) in [5, 5.41) is 0. The lowest BCUT2D eigenvalue weighted by atomic mass is 10.2. The molecule has 1 aromatic heterocycles. The summed E-state index contributed by atoms with van der Waals surface area (Å²) in [7, 11) is -3.10. The fraction of sp³-hybridized carbons (Fsp3) is 0.500. The molecule has 106 valence electrons. The van der Waals surface area contributed by atoms with Crippen LogP contribution in [0.2, 0.25) is 0 Å². The topological polar surface area (TPSA) is 76.3 Å². The van der Waals surface area contributed by atoms with Crippen molar-refractivity contribution in [3.05, 3.63) is 18.0 Å². The maximum absolute atomic E-state index is 12.6. The number of hydrogen-bond acceptors (Lipinski definition) is 5. The van der Waals surface area contributed by atoms with Crippen LogP contribution in [0.3, 0.4) is 0 Å². The van der Waals surface area contributed by atoms with Gasteiger partial charge in [-0.15, -0.1) is 0 Å². The molecule has 0 radical (unpaired) electrons. The van der Waals surface area contributed by atoms with E-state index in [1.165, 1.54) is 4.90 Å². The number of alkyl halides is 3. The Hall–Kier alpha value is -1.51. The predicted molar refractivity (Wildman–Crippen MR) is 64.5 cm³/mol. The number of anilines is 2. The molecule has 2 heterocycles. The molecule has 2 N–H and O–H groups in total. The van der Waals surface area contributed by atoms with E-state index in [9.17, 15) is 21.6 Å². The van der Waals surface area contributed by atoms with E-state index in [2.05, 4.69) is 4.98 Å². The van der Waals surface area contributed by atoms with Crippen molar-refractivity contribution >= 4 is 21.2 Å². The van der Waals surface area contributed by atoms with Crippen LogP contribution in [0.15, 0.2) is 12.3 Å². The van der Waals surface area contributed by atoms with E-state index in [4.69, 9.17) is 5.73 Å². The zero-order chi connectivity index (χ0) is 14.3. The Balaban J connectivity index is 2.30. The third kappa shape index (κ3) is 3.09. The molecule has 1 aliphatic rings. The predicted octanol–water partition coefficient (Wildman–Crippen LogP) is 0.917. The minimum absolute atomic E-state index is 0.0872. The fourth-order valence-electron chi connectivity index (χ4n) is 1.84. The van der Waals surface area contributed by atoms with Crippen LogP contribution >= 0.6 is 0 Å². The van der Waals surface area contributed by atoms with Gasteiger partial charge in [0.2, 0.25) is 0 Å². The van der Waals surface area contributed by atoms with Crippen molar-refractivity contribution in [2.75, 3.05) is 35.2 Å². The molecular formula is C10H12F3N3O2S. The van der Waals surface area contributed by atoms with Gasteiger partial charge in [0.25, 0.3) is 0 Å². The first-order valence-corrected chi connectivity index (χ1v) is 7.29. The van der Waals surface area contributed by atoms with Crippen molar-refractivity contribution in [3.8, 4) is 0 Å². The van der Waals surface area contributed by atoms with Crippen molar-refractivity contribution in [2.24, 2.45) is 0 Å². The molecule has 0 spiro atoms. The molecule has 0 bridgehead atoms. The van der Waals surface area contributed by atoms with Gasteiger partial charge in [-0.3, -0.25) is 0 Å². The molecule has 2 rings (SSSR count). The second-order valence-electron chi connectivity index (χ2n) is 4.26. The average molecular weight is 295 g/mol. The van der Waals surface area contributed by atoms with Crippen LogP contribution in [0.1, 0.15) is 5.69 Å². The second-order valence-corrected chi connectivity index (χ2v) is 6.57. The summed E-state index contributed by atoms with van der Waals surface area (Å²) in [4.78, 5) is 4.77. The molecule has 0 aliphatic carbocycles. The number of nitrogen functional groups attached to an aromatic ring is 1. The van der Waals surface area contributed by atoms with Crippen molar-refractivity contribution in [1.29, 1.82) is 0 Å². The second kappa shape index (κ2) is 4.55. The lowest BCUT2D eigenvalue weighted by Gasteiger charge is -2.29. The van der Waals surface area contributed by atoms with Crippen LogP contribution in [0, 0.1) is 0 Å². The first-order chi connectivity index (χ1) is 8.69. The zero-order valence-corrected chi connectivity index (χ0v) is 10.6. The van der Waals surface area contributed by atoms with Crippen LogP contribution in [-0.4, -0.2) is 38.0 Å². The van der Waals surface area contributed by atoms with Crippen molar-refractivity contribution in [3.63, 3.8) is 0 Å². The maximum atomic E-state index is 12.6. The number of aromatic nitrogens is 1. The monoisotopic (exact) mass is 295 g/mol. The minimum Gasteiger partial charge on any atom is -0.396 e. The standard InChI is InChI=1S/C10H12F3N3O2S/c11-10(12,13)9-5-8(7(14)6-15-9)16-1-3-19(17,18)4-2-16/h5-6H,1-4,14H2. The van der Waals surface area contributed by atoms with E-state index in [-0.39, 0.29) is 36.0 Å². The van der Waals surface area contributed by atoms with Gasteiger partial charge in [0.1, 0.15) is 5.69 Å². The molecule has 5 nitrogen and oxygen atoms in total.